The van der Waals surface area contributed by atoms with Crippen molar-refractivity contribution in [3.63, 3.8) is 0 Å². The highest BCUT2D eigenvalue weighted by molar-refractivity contribution is 5.83. The monoisotopic (exact) mass is 639 g/mol. The summed E-state index contributed by atoms with van der Waals surface area (Å²) in [4.78, 5) is 14.6. The van der Waals surface area contributed by atoms with Gasteiger partial charge in [-0.2, -0.15) is 26.3 Å². The number of carbonyl (C=O) groups excluding carboxylic acids is 1. The van der Waals surface area contributed by atoms with Crippen LogP contribution in [-0.4, -0.2) is 36.5 Å². The quantitative estimate of drug-likeness (QED) is 0.172. The maximum Gasteiger partial charge on any atom is 0.416 e. The van der Waals surface area contributed by atoms with E-state index in [1.165, 1.54) is 4.90 Å². The SMILES string of the molecule is COc1ccc(CC(C)(C)C(=N)N)cc1C1=C(CN2C(=O)OC(c3cc(C(F)(F)F)cc(C(F)(F)F)c3)C2C)CC(C)(C)CC1. The predicted octanol–water partition coefficient (Wildman–Crippen LogP) is 8.78. The minimum absolute atomic E-state index is 0.0541. The Morgan fingerprint density at radius 1 is 1.07 bits per heavy atom. The van der Waals surface area contributed by atoms with Crippen LogP contribution in [-0.2, 0) is 23.5 Å². The van der Waals surface area contributed by atoms with E-state index in [2.05, 4.69) is 13.8 Å². The number of methoxy groups -OCH3 is 1. The first-order valence-corrected chi connectivity index (χ1v) is 14.6. The molecule has 1 saturated heterocycles. The summed E-state index contributed by atoms with van der Waals surface area (Å²) in [5, 5.41) is 7.96. The normalized spacial score (nSPS) is 20.8. The third kappa shape index (κ3) is 7.41. The zero-order valence-electron chi connectivity index (χ0n) is 26.2. The Kier molecular flexibility index (Phi) is 9.04. The van der Waals surface area contributed by atoms with Crippen LogP contribution in [0.5, 0.6) is 5.75 Å². The number of nitrogens with zero attached hydrogens (tertiary/aromatic N) is 1. The molecule has 0 radical (unpaired) electrons. The van der Waals surface area contributed by atoms with Gasteiger partial charge in [-0.25, -0.2) is 4.79 Å². The average Bonchev–Trinajstić information content (AvgIpc) is 3.19. The van der Waals surface area contributed by atoms with Crippen LogP contribution in [0.25, 0.3) is 5.57 Å². The number of allylic oxidation sites excluding steroid dienone is 1. The molecule has 12 heteroatoms. The third-order valence-corrected chi connectivity index (χ3v) is 8.83. The van der Waals surface area contributed by atoms with E-state index in [0.717, 1.165) is 28.7 Å². The fourth-order valence-electron chi connectivity index (χ4n) is 6.10. The third-order valence-electron chi connectivity index (χ3n) is 8.83. The van der Waals surface area contributed by atoms with Gasteiger partial charge in [-0.3, -0.25) is 10.3 Å². The Morgan fingerprint density at radius 3 is 2.20 bits per heavy atom. The largest absolute Gasteiger partial charge is 0.496 e. The van der Waals surface area contributed by atoms with Crippen LogP contribution in [0.2, 0.25) is 0 Å². The van der Waals surface area contributed by atoms with Crippen molar-refractivity contribution in [1.29, 1.82) is 5.41 Å². The zero-order chi connectivity index (χ0) is 33.7. The number of hydrogen-bond donors (Lipinski definition) is 2. The summed E-state index contributed by atoms with van der Waals surface area (Å²) < 4.78 is 92.5. The molecule has 6 nitrogen and oxygen atoms in total. The number of rotatable bonds is 8. The van der Waals surface area contributed by atoms with Gasteiger partial charge in [-0.15, -0.1) is 0 Å². The Balaban J connectivity index is 1.75. The molecule has 4 rings (SSSR count). The average molecular weight is 640 g/mol. The second-order valence-corrected chi connectivity index (χ2v) is 13.4. The zero-order valence-corrected chi connectivity index (χ0v) is 26.2. The number of hydrogen-bond acceptors (Lipinski definition) is 4. The minimum Gasteiger partial charge on any atom is -0.496 e. The highest BCUT2D eigenvalue weighted by Crippen LogP contribution is 2.47. The molecule has 0 spiro atoms. The number of cyclic esters (lactones) is 1. The topological polar surface area (TPSA) is 88.6 Å². The Morgan fingerprint density at radius 2 is 1.67 bits per heavy atom. The van der Waals surface area contributed by atoms with Crippen LogP contribution in [0.15, 0.2) is 42.0 Å². The van der Waals surface area contributed by atoms with Crippen LogP contribution < -0.4 is 10.5 Å². The fourth-order valence-corrected chi connectivity index (χ4v) is 6.10. The highest BCUT2D eigenvalue weighted by Gasteiger charge is 2.44. The lowest BCUT2D eigenvalue weighted by Crippen LogP contribution is -2.35. The molecule has 246 valence electrons. The molecular formula is C33H39F6N3O3. The summed E-state index contributed by atoms with van der Waals surface area (Å²) in [5.41, 5.74) is 5.41. The Bertz CT molecular complexity index is 1480. The molecule has 3 N–H and O–H groups in total. The summed E-state index contributed by atoms with van der Waals surface area (Å²) in [6, 6.07) is 6.18. The van der Waals surface area contributed by atoms with Crippen molar-refractivity contribution in [3.05, 3.63) is 69.8 Å². The number of halogens is 6. The number of nitrogens with two attached hydrogens (primary N) is 1. The van der Waals surface area contributed by atoms with E-state index in [4.69, 9.17) is 20.6 Å². The number of benzene rings is 2. The Labute approximate surface area is 259 Å². The molecule has 2 aromatic rings. The predicted molar refractivity (Wildman–Crippen MR) is 159 cm³/mol. The molecule has 2 aliphatic rings. The molecule has 45 heavy (non-hydrogen) atoms. The molecule has 1 aliphatic carbocycles. The smallest absolute Gasteiger partial charge is 0.416 e. The molecule has 2 unspecified atom stereocenters. The summed E-state index contributed by atoms with van der Waals surface area (Å²) >= 11 is 0. The van der Waals surface area contributed by atoms with E-state index in [9.17, 15) is 31.1 Å². The molecular weight excluding hydrogens is 600 g/mol. The standard InChI is InChI=1S/C33H39F6N3O3/c1-18-27(20-12-22(32(34,35)36)14-23(13-20)33(37,38)39)45-29(43)42(18)17-21-16-30(2,3)10-9-24(21)25-11-19(7-8-26(25)44-6)15-31(4,5)28(40)41/h7-8,11-14,18,27H,9-10,15-17H2,1-6H3,(H3,40,41). The molecule has 0 aromatic heterocycles. The summed E-state index contributed by atoms with van der Waals surface area (Å²) in [7, 11) is 1.56. The van der Waals surface area contributed by atoms with Gasteiger partial charge in [-0.1, -0.05) is 33.8 Å². The van der Waals surface area contributed by atoms with Gasteiger partial charge in [0.15, 0.2) is 0 Å². The first-order valence-electron chi connectivity index (χ1n) is 14.6. The summed E-state index contributed by atoms with van der Waals surface area (Å²) in [6.45, 7) is 9.60. The lowest BCUT2D eigenvalue weighted by Gasteiger charge is -2.36. The molecule has 1 heterocycles. The van der Waals surface area contributed by atoms with Crippen LogP contribution in [0.1, 0.15) is 87.8 Å². The van der Waals surface area contributed by atoms with E-state index < -0.39 is 47.1 Å². The first kappa shape index (κ1) is 34.2. The van der Waals surface area contributed by atoms with Crippen molar-refractivity contribution >= 4 is 17.5 Å². The first-order chi connectivity index (χ1) is 20.6. The van der Waals surface area contributed by atoms with Gasteiger partial charge in [0, 0.05) is 17.5 Å². The van der Waals surface area contributed by atoms with Crippen molar-refractivity contribution in [2.45, 2.75) is 84.8 Å². The molecule has 2 atom stereocenters. The number of ether oxygens (including phenoxy) is 2. The number of amides is 1. The molecule has 1 amide bonds. The maximum atomic E-state index is 13.6. The summed E-state index contributed by atoms with van der Waals surface area (Å²) in [5.74, 6) is 0.670. The van der Waals surface area contributed by atoms with Crippen LogP contribution in [0, 0.1) is 16.2 Å². The number of nitrogens with one attached hydrogen (secondary N) is 1. The lowest BCUT2D eigenvalue weighted by atomic mass is 9.72. The van der Waals surface area contributed by atoms with Crippen LogP contribution >= 0.6 is 0 Å². The second-order valence-electron chi connectivity index (χ2n) is 13.4. The molecule has 2 aromatic carbocycles. The van der Waals surface area contributed by atoms with Gasteiger partial charge in [0.2, 0.25) is 0 Å². The second kappa shape index (κ2) is 11.9. The molecule has 0 saturated carbocycles. The van der Waals surface area contributed by atoms with E-state index in [0.29, 0.717) is 37.1 Å². The van der Waals surface area contributed by atoms with Crippen LogP contribution in [0.3, 0.4) is 0 Å². The van der Waals surface area contributed by atoms with Crippen LogP contribution in [0.4, 0.5) is 31.1 Å². The van der Waals surface area contributed by atoms with E-state index in [1.807, 2.05) is 32.0 Å². The number of carbonyl (C=O) groups is 1. The number of amidine groups is 1. The summed E-state index contributed by atoms with van der Waals surface area (Å²) in [6.07, 6.45) is -9.62. The molecule has 0 bridgehead atoms. The Hall–Kier alpha value is -3.70. The van der Waals surface area contributed by atoms with Crippen molar-refractivity contribution in [2.75, 3.05) is 13.7 Å². The van der Waals surface area contributed by atoms with Gasteiger partial charge >= 0.3 is 18.4 Å². The fraction of sp³-hybridized carbons (Fsp3) is 0.515. The lowest BCUT2D eigenvalue weighted by molar-refractivity contribution is -0.143. The van der Waals surface area contributed by atoms with Crippen molar-refractivity contribution < 1.29 is 40.6 Å². The molecule has 1 fully saturated rings. The van der Waals surface area contributed by atoms with Gasteiger partial charge < -0.3 is 15.2 Å². The van der Waals surface area contributed by atoms with Gasteiger partial charge in [0.1, 0.15) is 11.9 Å². The highest BCUT2D eigenvalue weighted by atomic mass is 19.4. The maximum absolute atomic E-state index is 13.6. The van der Waals surface area contributed by atoms with Crippen molar-refractivity contribution in [3.8, 4) is 5.75 Å². The van der Waals surface area contributed by atoms with E-state index >= 15 is 0 Å². The van der Waals surface area contributed by atoms with E-state index in [-0.39, 0.29) is 29.4 Å². The van der Waals surface area contributed by atoms with Gasteiger partial charge in [0.25, 0.3) is 0 Å². The minimum atomic E-state index is -5.03. The van der Waals surface area contributed by atoms with Crippen molar-refractivity contribution in [2.24, 2.45) is 16.6 Å². The molecule has 1 aliphatic heterocycles. The van der Waals surface area contributed by atoms with Gasteiger partial charge in [0.05, 0.1) is 30.1 Å². The van der Waals surface area contributed by atoms with Crippen molar-refractivity contribution in [1.82, 2.24) is 4.90 Å². The number of alkyl halides is 6. The van der Waals surface area contributed by atoms with Gasteiger partial charge in [-0.05, 0) is 90.6 Å². The van der Waals surface area contributed by atoms with E-state index in [1.54, 1.807) is 14.0 Å².